The summed E-state index contributed by atoms with van der Waals surface area (Å²) < 4.78 is 67.9. The predicted molar refractivity (Wildman–Crippen MR) is 83.9 cm³/mol. The van der Waals surface area contributed by atoms with Gasteiger partial charge in [-0.05, 0) is 13.3 Å². The van der Waals surface area contributed by atoms with Crippen LogP contribution in [0.5, 0.6) is 0 Å². The molecule has 3 heterocycles. The normalized spacial score (nSPS) is 21.2. The maximum Gasteiger partial charge on any atom is 0.333 e. The van der Waals surface area contributed by atoms with Gasteiger partial charge in [-0.3, -0.25) is 9.48 Å². The fourth-order valence-corrected chi connectivity index (χ4v) is 4.80. The van der Waals surface area contributed by atoms with Gasteiger partial charge >= 0.3 is 6.55 Å². The summed E-state index contributed by atoms with van der Waals surface area (Å²) in [6.45, 7) is -2.31. The van der Waals surface area contributed by atoms with Gasteiger partial charge in [0.25, 0.3) is 5.91 Å². The second-order valence-corrected chi connectivity index (χ2v) is 7.93. The zero-order chi connectivity index (χ0) is 19.9. The molecule has 0 saturated carbocycles. The van der Waals surface area contributed by atoms with E-state index in [9.17, 15) is 26.4 Å². The molecule has 2 N–H and O–H groups in total. The molecular formula is C13H16F3N7O3S. The van der Waals surface area contributed by atoms with Gasteiger partial charge in [0, 0.05) is 12.6 Å². The van der Waals surface area contributed by atoms with Crippen molar-refractivity contribution in [3.63, 3.8) is 0 Å². The smallest absolute Gasteiger partial charge is 0.333 e. The molecule has 2 aromatic heterocycles. The van der Waals surface area contributed by atoms with Crippen molar-refractivity contribution in [2.24, 2.45) is 5.73 Å². The van der Waals surface area contributed by atoms with Gasteiger partial charge in [-0.25, -0.2) is 17.5 Å². The molecular weight excluding hydrogens is 391 g/mol. The van der Waals surface area contributed by atoms with E-state index in [0.717, 1.165) is 10.5 Å². The van der Waals surface area contributed by atoms with Crippen LogP contribution in [0.15, 0.2) is 17.3 Å². The molecule has 27 heavy (non-hydrogen) atoms. The predicted octanol–water partition coefficient (Wildman–Crippen LogP) is 0.0783. The minimum Gasteiger partial charge on any atom is -0.364 e. The number of sulfonamides is 1. The number of hydrogen-bond acceptors (Lipinski definition) is 6. The van der Waals surface area contributed by atoms with Crippen LogP contribution in [0.4, 0.5) is 13.2 Å². The van der Waals surface area contributed by atoms with Crippen molar-refractivity contribution in [3.05, 3.63) is 23.8 Å². The summed E-state index contributed by atoms with van der Waals surface area (Å²) in [6.07, 6.45) is 0.487. The average molecular weight is 407 g/mol. The number of aromatic nitrogens is 5. The van der Waals surface area contributed by atoms with E-state index in [0.29, 0.717) is 0 Å². The molecule has 1 aliphatic heterocycles. The molecule has 148 valence electrons. The van der Waals surface area contributed by atoms with E-state index in [1.54, 1.807) is 0 Å². The van der Waals surface area contributed by atoms with E-state index in [1.807, 2.05) is 0 Å². The van der Waals surface area contributed by atoms with Crippen molar-refractivity contribution in [1.82, 2.24) is 29.1 Å². The summed E-state index contributed by atoms with van der Waals surface area (Å²) >= 11 is 0. The standard InChI is InChI=1S/C13H16F3N7O3S/c1-7-11(3-18-23(7)13(15)16)27(25,26)22-4-8(14)2-9(22)5-21-6-10(12(17)24)19-20-21/h3,6,8-9,13H,2,4-5H2,1H3,(H2,17,24)/t8-,9-/m0/s1. The van der Waals surface area contributed by atoms with Crippen molar-refractivity contribution in [2.45, 2.75) is 43.5 Å². The van der Waals surface area contributed by atoms with E-state index >= 15 is 0 Å². The Balaban J connectivity index is 1.89. The molecule has 10 nitrogen and oxygen atoms in total. The zero-order valence-corrected chi connectivity index (χ0v) is 14.9. The lowest BCUT2D eigenvalue weighted by molar-refractivity contribution is 0.0541. The summed E-state index contributed by atoms with van der Waals surface area (Å²) in [4.78, 5) is 10.7. The minimum absolute atomic E-state index is 0.0814. The summed E-state index contributed by atoms with van der Waals surface area (Å²) in [6, 6.07) is -0.846. The SMILES string of the molecule is Cc1c(S(=O)(=O)N2C[C@@H](F)C[C@H]2Cn2cc(C(N)=O)nn2)cnn1C(F)F. The van der Waals surface area contributed by atoms with Crippen molar-refractivity contribution >= 4 is 15.9 Å². The van der Waals surface area contributed by atoms with Gasteiger partial charge in [-0.1, -0.05) is 5.21 Å². The van der Waals surface area contributed by atoms with Gasteiger partial charge in [0.2, 0.25) is 10.0 Å². The molecule has 1 saturated heterocycles. The van der Waals surface area contributed by atoms with E-state index in [1.165, 1.54) is 17.8 Å². The van der Waals surface area contributed by atoms with Crippen molar-refractivity contribution in [3.8, 4) is 0 Å². The molecule has 2 aromatic rings. The van der Waals surface area contributed by atoms with Crippen LogP contribution < -0.4 is 5.73 Å². The molecule has 0 aliphatic carbocycles. The van der Waals surface area contributed by atoms with Crippen molar-refractivity contribution < 1.29 is 26.4 Å². The summed E-state index contributed by atoms with van der Waals surface area (Å²) in [5.74, 6) is -0.810. The van der Waals surface area contributed by atoms with Gasteiger partial charge in [0.1, 0.15) is 11.1 Å². The fourth-order valence-electron chi connectivity index (χ4n) is 2.99. The highest BCUT2D eigenvalue weighted by atomic mass is 32.2. The lowest BCUT2D eigenvalue weighted by atomic mass is 10.2. The third-order valence-electron chi connectivity index (χ3n) is 4.27. The van der Waals surface area contributed by atoms with Crippen LogP contribution in [0.25, 0.3) is 0 Å². The number of carbonyl (C=O) groups is 1. The number of nitrogens with zero attached hydrogens (tertiary/aromatic N) is 6. The molecule has 14 heteroatoms. The van der Waals surface area contributed by atoms with Crippen LogP contribution in [0.2, 0.25) is 0 Å². The first kappa shape index (κ1) is 19.3. The number of carbonyl (C=O) groups excluding carboxylic acids is 1. The van der Waals surface area contributed by atoms with Crippen LogP contribution in [0, 0.1) is 6.92 Å². The molecule has 0 spiro atoms. The molecule has 0 radical (unpaired) electrons. The molecule has 1 fully saturated rings. The van der Waals surface area contributed by atoms with Crippen molar-refractivity contribution in [2.75, 3.05) is 6.54 Å². The van der Waals surface area contributed by atoms with Gasteiger partial charge in [-0.15, -0.1) is 5.10 Å². The fraction of sp³-hybridized carbons (Fsp3) is 0.538. The molecule has 0 bridgehead atoms. The van der Waals surface area contributed by atoms with Crippen LogP contribution in [0.1, 0.15) is 29.2 Å². The molecule has 1 amide bonds. The molecule has 0 aromatic carbocycles. The second kappa shape index (κ2) is 6.92. The Labute approximate surface area is 151 Å². The summed E-state index contributed by atoms with van der Waals surface area (Å²) in [5, 5.41) is 10.6. The van der Waals surface area contributed by atoms with Gasteiger partial charge in [0.05, 0.1) is 24.6 Å². The van der Waals surface area contributed by atoms with Gasteiger partial charge in [0.15, 0.2) is 5.69 Å². The van der Waals surface area contributed by atoms with Crippen LogP contribution >= 0.6 is 0 Å². The first-order valence-electron chi connectivity index (χ1n) is 7.79. The van der Waals surface area contributed by atoms with Crippen LogP contribution in [0.3, 0.4) is 0 Å². The average Bonchev–Trinajstić information content (AvgIpc) is 3.26. The highest BCUT2D eigenvalue weighted by Crippen LogP contribution is 2.30. The first-order chi connectivity index (χ1) is 12.6. The Bertz CT molecular complexity index is 958. The van der Waals surface area contributed by atoms with Crippen molar-refractivity contribution in [1.29, 1.82) is 0 Å². The van der Waals surface area contributed by atoms with E-state index in [2.05, 4.69) is 15.4 Å². The number of alkyl halides is 3. The second-order valence-electron chi connectivity index (χ2n) is 6.07. The Hall–Kier alpha value is -2.48. The first-order valence-corrected chi connectivity index (χ1v) is 9.23. The third kappa shape index (κ3) is 3.53. The Kier molecular flexibility index (Phi) is 4.94. The van der Waals surface area contributed by atoms with Crippen LogP contribution in [-0.2, 0) is 16.6 Å². The maximum absolute atomic E-state index is 14.0. The lowest BCUT2D eigenvalue weighted by Gasteiger charge is -2.23. The highest BCUT2D eigenvalue weighted by molar-refractivity contribution is 7.89. The topological polar surface area (TPSA) is 129 Å². The number of amides is 1. The number of rotatable bonds is 6. The highest BCUT2D eigenvalue weighted by Gasteiger charge is 2.42. The lowest BCUT2D eigenvalue weighted by Crippen LogP contribution is -2.38. The van der Waals surface area contributed by atoms with Crippen LogP contribution in [-0.4, -0.2) is 62.2 Å². The van der Waals surface area contributed by atoms with Gasteiger partial charge in [-0.2, -0.15) is 18.2 Å². The Morgan fingerprint density at radius 2 is 2.15 bits per heavy atom. The number of halogens is 3. The molecule has 1 aliphatic rings. The zero-order valence-electron chi connectivity index (χ0n) is 14.0. The number of nitrogens with two attached hydrogens (primary N) is 1. The monoisotopic (exact) mass is 407 g/mol. The van der Waals surface area contributed by atoms with Gasteiger partial charge < -0.3 is 5.73 Å². The van der Waals surface area contributed by atoms with E-state index in [4.69, 9.17) is 5.73 Å². The quantitative estimate of drug-likeness (QED) is 0.722. The minimum atomic E-state index is -4.27. The maximum atomic E-state index is 14.0. The third-order valence-corrected chi connectivity index (χ3v) is 6.29. The summed E-state index contributed by atoms with van der Waals surface area (Å²) in [5.41, 5.74) is 4.72. The summed E-state index contributed by atoms with van der Waals surface area (Å²) in [7, 11) is -4.27. The molecule has 0 unspecified atom stereocenters. The van der Waals surface area contributed by atoms with E-state index < -0.39 is 46.1 Å². The number of primary amides is 1. The largest absolute Gasteiger partial charge is 0.364 e. The molecule has 3 rings (SSSR count). The Morgan fingerprint density at radius 3 is 2.70 bits per heavy atom. The number of hydrogen-bond donors (Lipinski definition) is 1. The van der Waals surface area contributed by atoms with E-state index in [-0.39, 0.29) is 29.0 Å². The molecule has 2 atom stereocenters. The Morgan fingerprint density at radius 1 is 1.44 bits per heavy atom.